The summed E-state index contributed by atoms with van der Waals surface area (Å²) in [7, 11) is 0. The van der Waals surface area contributed by atoms with E-state index in [1.807, 2.05) is 4.90 Å². The molecule has 0 N–H and O–H groups in total. The number of fused-ring (bicyclic) bond motifs is 1. The number of hydrogen-bond donors (Lipinski definition) is 0. The van der Waals surface area contributed by atoms with E-state index in [0.29, 0.717) is 18.2 Å². The van der Waals surface area contributed by atoms with E-state index in [2.05, 4.69) is 56.3 Å². The Morgan fingerprint density at radius 3 is 2.44 bits per heavy atom. The number of carbonyl (C=O) groups excluding carboxylic acids is 1. The number of benzene rings is 2. The SMILES string of the molecule is Cc1cccc(C)c1OC1CCN(C(=O)CC2CCc3ccccc32)CC1. The van der Waals surface area contributed by atoms with Gasteiger partial charge in [-0.3, -0.25) is 4.79 Å². The quantitative estimate of drug-likeness (QED) is 0.781. The minimum atomic E-state index is 0.209. The van der Waals surface area contributed by atoms with Gasteiger partial charge in [-0.05, 0) is 54.9 Å². The molecule has 3 nitrogen and oxygen atoms in total. The Hall–Kier alpha value is -2.29. The van der Waals surface area contributed by atoms with E-state index in [0.717, 1.165) is 44.5 Å². The Balaban J connectivity index is 1.31. The molecule has 1 atom stereocenters. The maximum atomic E-state index is 12.8. The maximum Gasteiger partial charge on any atom is 0.223 e. The van der Waals surface area contributed by atoms with Crippen LogP contribution in [-0.2, 0) is 11.2 Å². The summed E-state index contributed by atoms with van der Waals surface area (Å²) in [6.07, 6.45) is 4.92. The third-order valence-electron chi connectivity index (χ3n) is 6.17. The summed E-state index contributed by atoms with van der Waals surface area (Å²) in [6, 6.07) is 14.9. The molecule has 2 aliphatic rings. The Labute approximate surface area is 162 Å². The number of hydrogen-bond acceptors (Lipinski definition) is 2. The second-order valence-corrected chi connectivity index (χ2v) is 8.06. The zero-order chi connectivity index (χ0) is 18.8. The van der Waals surface area contributed by atoms with Gasteiger partial charge < -0.3 is 9.64 Å². The van der Waals surface area contributed by atoms with Crippen LogP contribution in [0.4, 0.5) is 0 Å². The average Bonchev–Trinajstić information content (AvgIpc) is 3.08. The van der Waals surface area contributed by atoms with Gasteiger partial charge in [0, 0.05) is 32.4 Å². The van der Waals surface area contributed by atoms with Gasteiger partial charge in [-0.2, -0.15) is 0 Å². The molecule has 27 heavy (non-hydrogen) atoms. The molecule has 2 aromatic carbocycles. The topological polar surface area (TPSA) is 29.5 Å². The average molecular weight is 364 g/mol. The molecule has 0 saturated carbocycles. The molecule has 0 bridgehead atoms. The first kappa shape index (κ1) is 18.1. The fourth-order valence-corrected chi connectivity index (χ4v) is 4.57. The fraction of sp³-hybridized carbons (Fsp3) is 0.458. The Kier molecular flexibility index (Phi) is 5.20. The Bertz CT molecular complexity index is 801. The minimum Gasteiger partial charge on any atom is -0.490 e. The van der Waals surface area contributed by atoms with E-state index in [-0.39, 0.29) is 6.10 Å². The summed E-state index contributed by atoms with van der Waals surface area (Å²) in [6.45, 7) is 5.81. The number of rotatable bonds is 4. The Morgan fingerprint density at radius 1 is 1.00 bits per heavy atom. The minimum absolute atomic E-state index is 0.209. The molecule has 2 aromatic rings. The number of piperidine rings is 1. The van der Waals surface area contributed by atoms with Crippen molar-refractivity contribution in [3.63, 3.8) is 0 Å². The first-order valence-electron chi connectivity index (χ1n) is 10.2. The predicted octanol–water partition coefficient (Wildman–Crippen LogP) is 4.79. The molecule has 1 fully saturated rings. The van der Waals surface area contributed by atoms with Crippen LogP contribution in [0.2, 0.25) is 0 Å². The van der Waals surface area contributed by atoms with E-state index in [1.54, 1.807) is 0 Å². The van der Waals surface area contributed by atoms with E-state index >= 15 is 0 Å². The van der Waals surface area contributed by atoms with Crippen molar-refractivity contribution >= 4 is 5.91 Å². The highest BCUT2D eigenvalue weighted by Gasteiger charge is 2.29. The highest BCUT2D eigenvalue weighted by atomic mass is 16.5. The van der Waals surface area contributed by atoms with Crippen LogP contribution < -0.4 is 4.74 Å². The highest BCUT2D eigenvalue weighted by molar-refractivity contribution is 5.77. The molecule has 1 aliphatic carbocycles. The number of likely N-dealkylation sites (tertiary alicyclic amines) is 1. The smallest absolute Gasteiger partial charge is 0.223 e. The van der Waals surface area contributed by atoms with Crippen LogP contribution in [0.1, 0.15) is 53.9 Å². The van der Waals surface area contributed by atoms with Crippen molar-refractivity contribution in [2.45, 2.75) is 58.0 Å². The van der Waals surface area contributed by atoms with Gasteiger partial charge in [-0.1, -0.05) is 42.5 Å². The summed E-state index contributed by atoms with van der Waals surface area (Å²) in [5, 5.41) is 0. The molecule has 1 aliphatic heterocycles. The lowest BCUT2D eigenvalue weighted by molar-refractivity contribution is -0.133. The zero-order valence-electron chi connectivity index (χ0n) is 16.4. The van der Waals surface area contributed by atoms with Crippen LogP contribution in [0, 0.1) is 13.8 Å². The first-order valence-corrected chi connectivity index (χ1v) is 10.2. The lowest BCUT2D eigenvalue weighted by Crippen LogP contribution is -2.42. The molecule has 1 unspecified atom stereocenters. The van der Waals surface area contributed by atoms with Crippen LogP contribution in [0.5, 0.6) is 5.75 Å². The van der Waals surface area contributed by atoms with Crippen molar-refractivity contribution in [2.24, 2.45) is 0 Å². The van der Waals surface area contributed by atoms with Crippen LogP contribution in [0.3, 0.4) is 0 Å². The van der Waals surface area contributed by atoms with Gasteiger partial charge in [0.2, 0.25) is 5.91 Å². The number of carbonyl (C=O) groups is 1. The van der Waals surface area contributed by atoms with Gasteiger partial charge in [0.25, 0.3) is 0 Å². The molecule has 142 valence electrons. The third kappa shape index (κ3) is 3.87. The van der Waals surface area contributed by atoms with Gasteiger partial charge in [-0.25, -0.2) is 0 Å². The predicted molar refractivity (Wildman–Crippen MR) is 108 cm³/mol. The molecule has 3 heteroatoms. The second-order valence-electron chi connectivity index (χ2n) is 8.06. The summed E-state index contributed by atoms with van der Waals surface area (Å²) in [5.74, 6) is 1.73. The van der Waals surface area contributed by atoms with Crippen molar-refractivity contribution in [3.05, 3.63) is 64.7 Å². The maximum absolute atomic E-state index is 12.8. The van der Waals surface area contributed by atoms with Crippen LogP contribution in [0.15, 0.2) is 42.5 Å². The first-order chi connectivity index (χ1) is 13.1. The number of ether oxygens (including phenoxy) is 1. The van der Waals surface area contributed by atoms with Gasteiger partial charge in [0.15, 0.2) is 0 Å². The van der Waals surface area contributed by atoms with E-state index in [9.17, 15) is 4.79 Å². The summed E-state index contributed by atoms with van der Waals surface area (Å²) in [4.78, 5) is 14.9. The normalized spacial score (nSPS) is 19.8. The Morgan fingerprint density at radius 2 is 1.70 bits per heavy atom. The molecule has 0 radical (unpaired) electrons. The standard InChI is InChI=1S/C24H29NO2/c1-17-6-5-7-18(2)24(17)27-21-12-14-25(15-13-21)23(26)16-20-11-10-19-8-3-4-9-22(19)20/h3-9,20-21H,10-16H2,1-2H3. The van der Waals surface area contributed by atoms with Crippen LogP contribution >= 0.6 is 0 Å². The number of nitrogens with zero attached hydrogens (tertiary/aromatic N) is 1. The van der Waals surface area contributed by atoms with Gasteiger partial charge in [-0.15, -0.1) is 0 Å². The lowest BCUT2D eigenvalue weighted by Gasteiger charge is -2.33. The van der Waals surface area contributed by atoms with Crippen LogP contribution in [0.25, 0.3) is 0 Å². The number of amides is 1. The van der Waals surface area contributed by atoms with Crippen molar-refractivity contribution < 1.29 is 9.53 Å². The van der Waals surface area contributed by atoms with E-state index < -0.39 is 0 Å². The molecule has 1 heterocycles. The summed E-state index contributed by atoms with van der Waals surface area (Å²) < 4.78 is 6.29. The number of para-hydroxylation sites is 1. The van der Waals surface area contributed by atoms with E-state index in [4.69, 9.17) is 4.74 Å². The van der Waals surface area contributed by atoms with Crippen molar-refractivity contribution in [1.82, 2.24) is 4.90 Å². The van der Waals surface area contributed by atoms with Crippen molar-refractivity contribution in [2.75, 3.05) is 13.1 Å². The van der Waals surface area contributed by atoms with Gasteiger partial charge >= 0.3 is 0 Å². The van der Waals surface area contributed by atoms with Crippen LogP contribution in [-0.4, -0.2) is 30.0 Å². The summed E-state index contributed by atoms with van der Waals surface area (Å²) >= 11 is 0. The molecule has 1 saturated heterocycles. The third-order valence-corrected chi connectivity index (χ3v) is 6.17. The number of aryl methyl sites for hydroxylation is 3. The molecular formula is C24H29NO2. The molecular weight excluding hydrogens is 334 g/mol. The zero-order valence-corrected chi connectivity index (χ0v) is 16.4. The van der Waals surface area contributed by atoms with Crippen molar-refractivity contribution in [3.8, 4) is 5.75 Å². The molecule has 0 aromatic heterocycles. The van der Waals surface area contributed by atoms with Gasteiger partial charge in [0.1, 0.15) is 11.9 Å². The molecule has 1 amide bonds. The lowest BCUT2D eigenvalue weighted by atomic mass is 9.96. The van der Waals surface area contributed by atoms with E-state index in [1.165, 1.54) is 22.3 Å². The summed E-state index contributed by atoms with van der Waals surface area (Å²) in [5.41, 5.74) is 5.19. The van der Waals surface area contributed by atoms with Gasteiger partial charge in [0.05, 0.1) is 0 Å². The highest BCUT2D eigenvalue weighted by Crippen LogP contribution is 2.36. The van der Waals surface area contributed by atoms with Crippen molar-refractivity contribution in [1.29, 1.82) is 0 Å². The fourth-order valence-electron chi connectivity index (χ4n) is 4.57. The molecule has 4 rings (SSSR count). The molecule has 0 spiro atoms. The monoisotopic (exact) mass is 363 g/mol. The largest absolute Gasteiger partial charge is 0.490 e. The second kappa shape index (κ2) is 7.75.